The first kappa shape index (κ1) is 77.1. The fourth-order valence-electron chi connectivity index (χ4n) is 9.38. The summed E-state index contributed by atoms with van der Waals surface area (Å²) in [5, 5.41) is 88.8. The highest BCUT2D eigenvalue weighted by atomic mass is 32.2. The van der Waals surface area contributed by atoms with Crippen molar-refractivity contribution in [2.24, 2.45) is 40.9 Å². The van der Waals surface area contributed by atoms with Crippen LogP contribution in [0.1, 0.15) is 119 Å². The number of carbonyl (C=O) groups is 4. The molecule has 14 rings (SSSR count). The van der Waals surface area contributed by atoms with Crippen LogP contribution in [0.5, 0.6) is 0 Å². The molecule has 0 bridgehead atoms. The molecule has 0 aliphatic rings. The average Bonchev–Trinajstić information content (AvgIpc) is 1.59. The standard InChI is InChI=1S/C18H18N8O2S.C17H15N7O3.C14H18N8O2S2.C13H17N9O2S2/c1-9(2)15-19-17(28-25-15)22-20-14-13(12-8-6-5-7-11(12)10(3)27)24-26-16(14)21-23-18(26)29-4;1-3-26-14(25)9-8-12-15(16-21-19-10(2)24(16)23-12)20-22-17-18-11-6-4-5-7-13(11)27-17;1-5-24-9(23)6-25-13-10(12-18-16-8(4)22(12)20-13)17-19-14-15-11(7(2)3)21-26-14;1-5-24-13(23)21(4)10-8(9-14-7(3)19-22(9)20-10)15-16-11-17-18-12(26-11)25-6-2/h5-9,24H,1-4H3;4-9,23H,3H2,1-2H3;7,20H,5-6H2,1-4H3;5-6H2,1-4H3,(H,14,19)/b;9-8-,22-20?;;. The van der Waals surface area contributed by atoms with Crippen molar-refractivity contribution in [2.45, 2.75) is 109 Å². The van der Waals surface area contributed by atoms with Gasteiger partial charge in [0.25, 0.3) is 5.13 Å². The molecule has 12 aromatic heterocycles. The molecule has 12 heterocycles. The highest BCUT2D eigenvalue weighted by Gasteiger charge is 2.27. The van der Waals surface area contributed by atoms with Crippen molar-refractivity contribution in [1.82, 2.24) is 114 Å². The number of nitrogens with one attached hydrogen (secondary N) is 4. The summed E-state index contributed by atoms with van der Waals surface area (Å²) in [7, 11) is 1.55. The van der Waals surface area contributed by atoms with Gasteiger partial charge in [-0.25, -0.2) is 28.1 Å². The molecule has 0 atom stereocenters. The molecule has 0 fully saturated rings. The Hall–Kier alpha value is -12.0. The van der Waals surface area contributed by atoms with Gasteiger partial charge in [-0.3, -0.25) is 34.9 Å². The molecule has 560 valence electrons. The lowest BCUT2D eigenvalue weighted by Gasteiger charge is -2.13. The van der Waals surface area contributed by atoms with Gasteiger partial charge in [-0.2, -0.15) is 19.3 Å². The molecule has 46 heteroatoms. The molecule has 0 saturated carbocycles. The van der Waals surface area contributed by atoms with E-state index in [9.17, 15) is 19.2 Å². The summed E-state index contributed by atoms with van der Waals surface area (Å²) in [6.45, 7) is 23.0. The summed E-state index contributed by atoms with van der Waals surface area (Å²) >= 11 is 6.81. The van der Waals surface area contributed by atoms with Crippen LogP contribution in [0.15, 0.2) is 119 Å². The van der Waals surface area contributed by atoms with Crippen molar-refractivity contribution in [2.75, 3.05) is 49.5 Å². The maximum Gasteiger partial charge on any atom is 0.415 e. The molecule has 0 radical (unpaired) electrons. The molecule has 2 aromatic carbocycles. The van der Waals surface area contributed by atoms with Gasteiger partial charge >= 0.3 is 30.1 Å². The Kier molecular flexibility index (Phi) is 25.2. The van der Waals surface area contributed by atoms with Gasteiger partial charge in [0.2, 0.25) is 32.9 Å². The van der Waals surface area contributed by atoms with E-state index in [2.05, 4.69) is 137 Å². The molecule has 41 nitrogen and oxygen atoms in total. The zero-order valence-corrected chi connectivity index (χ0v) is 64.3. The van der Waals surface area contributed by atoms with Crippen molar-refractivity contribution in [3.8, 4) is 11.3 Å². The Bertz CT molecular complexity index is 5620. The Morgan fingerprint density at radius 2 is 1.31 bits per heavy atom. The number of hydrogen-bond acceptors (Lipinski definition) is 37. The van der Waals surface area contributed by atoms with Gasteiger partial charge in [0.15, 0.2) is 50.1 Å². The van der Waals surface area contributed by atoms with Crippen LogP contribution in [0.25, 0.3) is 51.0 Å². The molecule has 0 aliphatic carbocycles. The molecule has 0 unspecified atom stereocenters. The lowest BCUT2D eigenvalue weighted by molar-refractivity contribution is -0.140. The van der Waals surface area contributed by atoms with Crippen LogP contribution in [0, 0.1) is 20.8 Å². The van der Waals surface area contributed by atoms with Crippen molar-refractivity contribution < 1.29 is 42.3 Å². The quantitative estimate of drug-likeness (QED) is 0.0109. The van der Waals surface area contributed by atoms with Gasteiger partial charge in [0.05, 0.1) is 37.0 Å². The van der Waals surface area contributed by atoms with Gasteiger partial charge in [0, 0.05) is 47.6 Å². The van der Waals surface area contributed by atoms with E-state index in [0.717, 1.165) is 15.9 Å². The predicted molar refractivity (Wildman–Crippen MR) is 399 cm³/mol. The molecule has 14 aromatic rings. The molecular formula is C62H68N32O9S5. The van der Waals surface area contributed by atoms with Crippen molar-refractivity contribution in [1.29, 1.82) is 0 Å². The van der Waals surface area contributed by atoms with Crippen LogP contribution < -0.4 is 4.90 Å². The van der Waals surface area contributed by atoms with E-state index in [1.165, 1.54) is 68.9 Å². The number of H-pyrrole nitrogens is 4. The third kappa shape index (κ3) is 18.1. The fraction of sp³-hybridized carbons (Fsp3) is 0.339. The normalized spacial score (nSPS) is 11.9. The number of nitrogens with zero attached hydrogens (tertiary/aromatic N) is 28. The van der Waals surface area contributed by atoms with E-state index in [1.807, 2.05) is 84.2 Å². The topological polar surface area (TPSA) is 499 Å². The second kappa shape index (κ2) is 35.4. The maximum absolute atomic E-state index is 12.1. The SMILES string of the molecule is CCOC(=O)/C=C\c1[nH]n2c(C)nnc2c1N=Nc1nc2ccccc2o1.CCOC(=O)CSc1[nH]n2c(C)nnc2c1N=Nc1nc(C(C)C)ns1.CCOC(=O)N(C)c1nn2[nH]c(C)nc2c1N=Nc1nnc(SCC)s1.CSc1nnc2c(N=Nc3nc(C(C)C)no3)c(-c3ccccc3C(C)=O)[nH]n12. The van der Waals surface area contributed by atoms with E-state index in [-0.39, 0.29) is 53.8 Å². The molecule has 108 heavy (non-hydrogen) atoms. The molecule has 0 spiro atoms. The Morgan fingerprint density at radius 3 is 2.02 bits per heavy atom. The highest BCUT2D eigenvalue weighted by Crippen LogP contribution is 2.40. The highest BCUT2D eigenvalue weighted by molar-refractivity contribution is 8.01. The third-order valence-electron chi connectivity index (χ3n) is 14.4. The van der Waals surface area contributed by atoms with Crippen molar-refractivity contribution in [3.05, 3.63) is 95.0 Å². The van der Waals surface area contributed by atoms with Crippen LogP contribution in [-0.2, 0) is 23.8 Å². The summed E-state index contributed by atoms with van der Waals surface area (Å²) in [6.07, 6.45) is 4.20. The van der Waals surface area contributed by atoms with Crippen LogP contribution in [0.4, 0.5) is 55.7 Å². The number of benzene rings is 2. The monoisotopic (exact) mass is 1560 g/mol. The lowest BCUT2D eigenvalue weighted by Crippen LogP contribution is -2.27. The summed E-state index contributed by atoms with van der Waals surface area (Å²) in [6, 6.07) is 14.8. The minimum Gasteiger partial charge on any atom is -0.465 e. The van der Waals surface area contributed by atoms with Gasteiger partial charge in [-0.05, 0) is 78.7 Å². The zero-order chi connectivity index (χ0) is 76.7. The van der Waals surface area contributed by atoms with E-state index >= 15 is 0 Å². The number of aryl methyl sites for hydroxylation is 3. The number of aromatic nitrogens is 23. The number of ether oxygens (including phenoxy) is 3. The Morgan fingerprint density at radius 1 is 0.648 bits per heavy atom. The number of aromatic amines is 4. The number of esters is 2. The number of anilines is 1. The summed E-state index contributed by atoms with van der Waals surface area (Å²) in [5.41, 5.74) is 7.28. The Balaban J connectivity index is 0.000000143. The first-order chi connectivity index (χ1) is 52.2. The number of ketones is 1. The first-order valence-electron chi connectivity index (χ1n) is 32.8. The fourth-order valence-corrected chi connectivity index (χ4v) is 12.8. The summed E-state index contributed by atoms with van der Waals surface area (Å²) in [5.74, 6) is 4.11. The average molecular weight is 1570 g/mol. The van der Waals surface area contributed by atoms with Gasteiger partial charge in [0.1, 0.15) is 33.8 Å². The van der Waals surface area contributed by atoms with E-state index in [4.69, 9.17) is 23.2 Å². The predicted octanol–water partition coefficient (Wildman–Crippen LogP) is 14.8. The van der Waals surface area contributed by atoms with Crippen LogP contribution in [0.2, 0.25) is 0 Å². The van der Waals surface area contributed by atoms with Crippen molar-refractivity contribution >= 4 is 173 Å². The van der Waals surface area contributed by atoms with Gasteiger partial charge in [-0.1, -0.05) is 133 Å². The van der Waals surface area contributed by atoms with Crippen molar-refractivity contribution in [3.63, 3.8) is 0 Å². The maximum atomic E-state index is 12.1. The van der Waals surface area contributed by atoms with E-state index in [1.54, 1.807) is 85.2 Å². The third-order valence-corrected chi connectivity index (χ3v) is 18.4. The Labute approximate surface area is 631 Å². The minimum absolute atomic E-state index is 0.0449. The summed E-state index contributed by atoms with van der Waals surface area (Å²) in [4.78, 5) is 65.8. The summed E-state index contributed by atoms with van der Waals surface area (Å²) < 4.78 is 37.1. The first-order valence-corrected chi connectivity index (χ1v) is 37.6. The lowest BCUT2D eigenvalue weighted by atomic mass is 10.0. The molecule has 0 saturated heterocycles. The number of azo groups is 4. The number of rotatable bonds is 24. The molecule has 0 aliphatic heterocycles. The molecule has 1 amide bonds. The second-order valence-corrected chi connectivity index (χ2v) is 27.6. The number of hydrogen-bond donors (Lipinski definition) is 4. The molecule has 4 N–H and O–H groups in total. The van der Waals surface area contributed by atoms with Gasteiger partial charge in [-0.15, -0.1) is 81.2 Å². The second-order valence-electron chi connectivity index (χ2n) is 22.6. The largest absolute Gasteiger partial charge is 0.465 e. The van der Waals surface area contributed by atoms with Crippen LogP contribution in [0.3, 0.4) is 0 Å². The van der Waals surface area contributed by atoms with E-state index in [0.29, 0.717) is 136 Å². The number of thioether (sulfide) groups is 3. The minimum atomic E-state index is -0.543. The number of amides is 1. The zero-order valence-electron chi connectivity index (χ0n) is 60.2. The van der Waals surface area contributed by atoms with E-state index < -0.39 is 12.1 Å². The number of oxazole rings is 1. The number of Topliss-reactive ketones (excluding diaryl/α,β-unsaturated/α-hetero) is 1. The van der Waals surface area contributed by atoms with Gasteiger partial charge < -0.3 is 23.2 Å². The van der Waals surface area contributed by atoms with Crippen LogP contribution in [-0.4, -0.2) is 182 Å². The molecular weight excluding hydrogens is 1500 g/mol. The number of carbonyl (C=O) groups excluding carboxylic acids is 4. The smallest absolute Gasteiger partial charge is 0.415 e. The van der Waals surface area contributed by atoms with Crippen LogP contribution >= 0.6 is 58.2 Å². The number of para-hydroxylation sites is 2. The number of fused-ring (bicyclic) bond motifs is 5.